The lowest BCUT2D eigenvalue weighted by Crippen LogP contribution is -3.30. The van der Waals surface area contributed by atoms with Gasteiger partial charge >= 0.3 is 0 Å². The van der Waals surface area contributed by atoms with Gasteiger partial charge in [0, 0.05) is 13.1 Å². The van der Waals surface area contributed by atoms with Gasteiger partial charge in [0.2, 0.25) is 0 Å². The van der Waals surface area contributed by atoms with E-state index in [1.54, 1.807) is 0 Å². The van der Waals surface area contributed by atoms with Crippen molar-refractivity contribution in [3.05, 3.63) is 29.0 Å². The molecule has 1 aromatic rings. The van der Waals surface area contributed by atoms with Gasteiger partial charge in [0.1, 0.15) is 32.0 Å². The van der Waals surface area contributed by atoms with E-state index in [1.165, 1.54) is 28.0 Å². The number of amides is 2. The molecule has 0 bridgehead atoms. The molecule has 0 radical (unpaired) electrons. The molecule has 2 amide bonds. The topological polar surface area (TPSA) is 58.3 Å². The van der Waals surface area contributed by atoms with Crippen LogP contribution in [0.1, 0.15) is 19.8 Å². The molecule has 1 aromatic carbocycles. The highest BCUT2D eigenvalue weighted by molar-refractivity contribution is 6.33. The maximum Gasteiger partial charge on any atom is 0.282 e. The molecule has 27 heavy (non-hydrogen) atoms. The first-order chi connectivity index (χ1) is 12.9. The smallest absolute Gasteiger partial charge is 0.282 e. The van der Waals surface area contributed by atoms with Crippen molar-refractivity contribution < 1.29 is 23.8 Å². The fourth-order valence-electron chi connectivity index (χ4n) is 3.84. The summed E-state index contributed by atoms with van der Waals surface area (Å²) in [5, 5.41) is 2.98. The number of carbonyl (C=O) groups is 2. The first-order valence-corrected chi connectivity index (χ1v) is 10.0. The molecule has 0 aliphatic carbocycles. The number of likely N-dealkylation sites (tertiary alicyclic amines) is 1. The third-order valence-electron chi connectivity index (χ3n) is 5.65. The number of nitrogens with zero attached hydrogens (tertiary/aromatic N) is 1. The van der Waals surface area contributed by atoms with Crippen molar-refractivity contribution in [2.24, 2.45) is 0 Å². The van der Waals surface area contributed by atoms with E-state index < -0.39 is 5.82 Å². The van der Waals surface area contributed by atoms with Crippen LogP contribution >= 0.6 is 11.6 Å². The Kier molecular flexibility index (Phi) is 6.68. The minimum Gasteiger partial charge on any atom is -0.338 e. The molecule has 0 spiro atoms. The lowest BCUT2D eigenvalue weighted by molar-refractivity contribution is -1.01. The Morgan fingerprint density at radius 1 is 1.22 bits per heavy atom. The van der Waals surface area contributed by atoms with E-state index in [2.05, 4.69) is 5.32 Å². The third-order valence-corrected chi connectivity index (χ3v) is 5.97. The summed E-state index contributed by atoms with van der Waals surface area (Å²) in [6.45, 7) is 7.68. The van der Waals surface area contributed by atoms with Crippen molar-refractivity contribution in [1.82, 2.24) is 4.90 Å². The van der Waals surface area contributed by atoms with Crippen LogP contribution in [0.25, 0.3) is 0 Å². The van der Waals surface area contributed by atoms with Crippen LogP contribution in [-0.2, 0) is 9.59 Å². The number of carbonyl (C=O) groups excluding carboxylic acids is 2. The molecule has 3 rings (SSSR count). The molecule has 2 saturated heterocycles. The van der Waals surface area contributed by atoms with Crippen molar-refractivity contribution in [3.63, 3.8) is 0 Å². The number of benzene rings is 1. The van der Waals surface area contributed by atoms with Gasteiger partial charge in [-0.1, -0.05) is 11.6 Å². The van der Waals surface area contributed by atoms with E-state index in [9.17, 15) is 14.0 Å². The summed E-state index contributed by atoms with van der Waals surface area (Å²) >= 11 is 5.98. The van der Waals surface area contributed by atoms with Crippen molar-refractivity contribution in [2.75, 3.05) is 51.1 Å². The lowest BCUT2D eigenvalue weighted by Gasteiger charge is -2.32. The minimum absolute atomic E-state index is 0.130. The second kappa shape index (κ2) is 8.99. The van der Waals surface area contributed by atoms with Crippen LogP contribution in [0.2, 0.25) is 5.02 Å². The van der Waals surface area contributed by atoms with Gasteiger partial charge in [0.05, 0.1) is 10.7 Å². The first-order valence-electron chi connectivity index (χ1n) is 9.66. The summed E-state index contributed by atoms with van der Waals surface area (Å²) in [6.07, 6.45) is 2.23. The van der Waals surface area contributed by atoms with Crippen LogP contribution in [0, 0.1) is 5.82 Å². The number of halogens is 2. The molecule has 3 N–H and O–H groups in total. The first kappa shape index (κ1) is 20.0. The molecule has 0 aromatic heterocycles. The highest BCUT2D eigenvalue weighted by Gasteiger charge is 2.33. The van der Waals surface area contributed by atoms with E-state index in [0.29, 0.717) is 12.2 Å². The minimum atomic E-state index is -0.431. The Labute approximate surface area is 164 Å². The molecule has 1 atom stereocenters. The predicted molar refractivity (Wildman–Crippen MR) is 102 cm³/mol. The Hall–Kier alpha value is -1.70. The van der Waals surface area contributed by atoms with Gasteiger partial charge in [-0.3, -0.25) is 9.59 Å². The average Bonchev–Trinajstić information content (AvgIpc) is 3.19. The van der Waals surface area contributed by atoms with E-state index >= 15 is 0 Å². The van der Waals surface area contributed by atoms with Crippen LogP contribution in [0.3, 0.4) is 0 Å². The normalized spacial score (nSPS) is 23.9. The summed E-state index contributed by atoms with van der Waals surface area (Å²) in [4.78, 5) is 29.3. The molecule has 2 fully saturated rings. The van der Waals surface area contributed by atoms with E-state index in [0.717, 1.165) is 52.1 Å². The summed E-state index contributed by atoms with van der Waals surface area (Å²) in [5.74, 6) is -0.308. The number of hydrogen-bond acceptors (Lipinski definition) is 2. The van der Waals surface area contributed by atoms with Gasteiger partial charge in [-0.2, -0.15) is 0 Å². The zero-order chi connectivity index (χ0) is 19.4. The van der Waals surface area contributed by atoms with Crippen LogP contribution in [0.15, 0.2) is 18.2 Å². The monoisotopic (exact) mass is 398 g/mol. The van der Waals surface area contributed by atoms with E-state index in [4.69, 9.17) is 11.6 Å². The molecular weight excluding hydrogens is 371 g/mol. The van der Waals surface area contributed by atoms with Gasteiger partial charge in [-0.25, -0.2) is 4.39 Å². The fourth-order valence-corrected chi connectivity index (χ4v) is 4.06. The SMILES string of the molecule is C[C@H](C(=O)Nc1ccc(F)cc1Cl)[NH+]1CC[NH+](CC(=O)N2CCCC2)CC1. The molecule has 2 aliphatic heterocycles. The quantitative estimate of drug-likeness (QED) is 0.609. The summed E-state index contributed by atoms with van der Waals surface area (Å²) in [7, 11) is 0. The van der Waals surface area contributed by atoms with Crippen molar-refractivity contribution in [2.45, 2.75) is 25.8 Å². The maximum atomic E-state index is 13.1. The number of quaternary nitrogens is 2. The third kappa shape index (κ3) is 5.18. The molecule has 8 heteroatoms. The zero-order valence-corrected chi connectivity index (χ0v) is 16.4. The highest BCUT2D eigenvalue weighted by Crippen LogP contribution is 2.22. The van der Waals surface area contributed by atoms with E-state index in [-0.39, 0.29) is 22.9 Å². The lowest BCUT2D eigenvalue weighted by atomic mass is 10.2. The Morgan fingerprint density at radius 2 is 1.89 bits per heavy atom. The van der Waals surface area contributed by atoms with Crippen molar-refractivity contribution >= 4 is 29.1 Å². The van der Waals surface area contributed by atoms with Crippen LogP contribution in [0.4, 0.5) is 10.1 Å². The van der Waals surface area contributed by atoms with Gasteiger partial charge in [-0.05, 0) is 38.0 Å². The Bertz CT molecular complexity index is 688. The number of anilines is 1. The Balaban J connectivity index is 1.46. The second-order valence-corrected chi connectivity index (χ2v) is 7.92. The van der Waals surface area contributed by atoms with E-state index in [1.807, 2.05) is 11.8 Å². The van der Waals surface area contributed by atoms with Crippen LogP contribution in [-0.4, -0.2) is 68.6 Å². The standard InChI is InChI=1S/C19H26ClFN4O2/c1-14(19(27)22-17-5-4-15(21)12-16(17)20)24-10-8-23(9-11-24)13-18(26)25-6-2-3-7-25/h4-5,12,14H,2-3,6-11,13H2,1H3,(H,22,27)/p+2/t14-/m1/s1. The largest absolute Gasteiger partial charge is 0.338 e. The van der Waals surface area contributed by atoms with Gasteiger partial charge in [0.15, 0.2) is 12.6 Å². The number of hydrogen-bond donors (Lipinski definition) is 3. The number of piperazine rings is 1. The summed E-state index contributed by atoms with van der Waals surface area (Å²) < 4.78 is 13.1. The average molecular weight is 399 g/mol. The number of nitrogens with one attached hydrogen (secondary N) is 3. The molecule has 148 valence electrons. The highest BCUT2D eigenvalue weighted by atomic mass is 35.5. The van der Waals surface area contributed by atoms with Crippen LogP contribution in [0.5, 0.6) is 0 Å². The molecule has 2 aliphatic rings. The van der Waals surface area contributed by atoms with Gasteiger partial charge < -0.3 is 20.0 Å². The predicted octanol–water partition coefficient (Wildman–Crippen LogP) is -0.788. The fraction of sp³-hybridized carbons (Fsp3) is 0.579. The summed E-state index contributed by atoms with van der Waals surface area (Å²) in [6, 6.07) is 3.71. The maximum absolute atomic E-state index is 13.1. The van der Waals surface area contributed by atoms with Crippen LogP contribution < -0.4 is 15.1 Å². The molecule has 2 heterocycles. The Morgan fingerprint density at radius 3 is 2.52 bits per heavy atom. The van der Waals surface area contributed by atoms with Gasteiger partial charge in [0.25, 0.3) is 11.8 Å². The molecule has 6 nitrogen and oxygen atoms in total. The molecule has 0 saturated carbocycles. The van der Waals surface area contributed by atoms with Crippen molar-refractivity contribution in [1.29, 1.82) is 0 Å². The molecule has 0 unspecified atom stereocenters. The summed E-state index contributed by atoms with van der Waals surface area (Å²) in [5.41, 5.74) is 0.426. The zero-order valence-electron chi connectivity index (χ0n) is 15.7. The molecular formula is C19H28ClFN4O2+2. The number of rotatable bonds is 5. The van der Waals surface area contributed by atoms with Gasteiger partial charge in [-0.15, -0.1) is 0 Å². The van der Waals surface area contributed by atoms with Crippen molar-refractivity contribution in [3.8, 4) is 0 Å². The second-order valence-electron chi connectivity index (χ2n) is 7.51.